The Balaban J connectivity index is 2.46. The summed E-state index contributed by atoms with van der Waals surface area (Å²) in [5.41, 5.74) is 1.03. The molecular formula is C10H12Cl2O3S. The summed E-state index contributed by atoms with van der Waals surface area (Å²) in [5, 5.41) is 0.513. The van der Waals surface area contributed by atoms with Crippen molar-refractivity contribution >= 4 is 31.3 Å². The van der Waals surface area contributed by atoms with Crippen LogP contribution < -0.4 is 4.74 Å². The first-order valence-corrected chi connectivity index (χ1v) is 7.55. The molecule has 0 heterocycles. The van der Waals surface area contributed by atoms with E-state index in [9.17, 15) is 8.42 Å². The van der Waals surface area contributed by atoms with Crippen molar-refractivity contribution in [2.75, 3.05) is 12.4 Å². The molecule has 0 aromatic heterocycles. The maximum absolute atomic E-state index is 10.6. The lowest BCUT2D eigenvalue weighted by molar-refractivity contribution is 0.318. The zero-order chi connectivity index (χ0) is 12.2. The van der Waals surface area contributed by atoms with E-state index in [1.165, 1.54) is 0 Å². The summed E-state index contributed by atoms with van der Waals surface area (Å²) in [6.07, 6.45) is 0.343. The normalized spacial score (nSPS) is 11.4. The van der Waals surface area contributed by atoms with E-state index in [4.69, 9.17) is 27.0 Å². The van der Waals surface area contributed by atoms with E-state index >= 15 is 0 Å². The molecule has 0 bridgehead atoms. The van der Waals surface area contributed by atoms with Crippen molar-refractivity contribution in [2.24, 2.45) is 0 Å². The van der Waals surface area contributed by atoms with Crippen LogP contribution in [0.2, 0.25) is 5.02 Å². The molecule has 0 aliphatic heterocycles. The molecule has 0 N–H and O–H groups in total. The molecular weight excluding hydrogens is 271 g/mol. The summed E-state index contributed by atoms with van der Waals surface area (Å²) < 4.78 is 26.7. The molecule has 0 aliphatic rings. The van der Waals surface area contributed by atoms with Crippen molar-refractivity contribution in [3.8, 4) is 5.75 Å². The highest BCUT2D eigenvalue weighted by Gasteiger charge is 2.06. The van der Waals surface area contributed by atoms with Gasteiger partial charge in [0.1, 0.15) is 5.75 Å². The van der Waals surface area contributed by atoms with Crippen LogP contribution in [0, 0.1) is 6.92 Å². The Kier molecular flexibility index (Phi) is 4.89. The summed E-state index contributed by atoms with van der Waals surface area (Å²) in [5.74, 6) is 0.464. The third-order valence-corrected chi connectivity index (χ3v) is 3.43. The van der Waals surface area contributed by atoms with E-state index in [-0.39, 0.29) is 12.4 Å². The molecule has 1 rings (SSSR count). The van der Waals surface area contributed by atoms with Gasteiger partial charge in [0.05, 0.1) is 17.4 Å². The molecule has 1 aromatic rings. The summed E-state index contributed by atoms with van der Waals surface area (Å²) in [6, 6.07) is 5.42. The van der Waals surface area contributed by atoms with Gasteiger partial charge in [-0.25, -0.2) is 8.42 Å². The Morgan fingerprint density at radius 3 is 2.69 bits per heavy atom. The molecule has 0 spiro atoms. The number of rotatable bonds is 5. The highest BCUT2D eigenvalue weighted by Crippen LogP contribution is 2.25. The highest BCUT2D eigenvalue weighted by atomic mass is 35.7. The van der Waals surface area contributed by atoms with Gasteiger partial charge in [-0.05, 0) is 31.0 Å². The second-order valence-electron chi connectivity index (χ2n) is 3.38. The van der Waals surface area contributed by atoms with E-state index < -0.39 is 9.05 Å². The first kappa shape index (κ1) is 13.6. The lowest BCUT2D eigenvalue weighted by atomic mass is 10.2. The second-order valence-corrected chi connectivity index (χ2v) is 6.68. The number of hydrogen-bond donors (Lipinski definition) is 0. The lowest BCUT2D eigenvalue weighted by Crippen LogP contribution is -2.05. The van der Waals surface area contributed by atoms with Crippen LogP contribution in [-0.2, 0) is 9.05 Å². The van der Waals surface area contributed by atoms with Gasteiger partial charge in [0, 0.05) is 10.7 Å². The number of ether oxygens (including phenoxy) is 1. The Hall–Kier alpha value is -0.450. The van der Waals surface area contributed by atoms with Crippen LogP contribution in [0.25, 0.3) is 0 Å². The van der Waals surface area contributed by atoms with Crippen LogP contribution in [0.15, 0.2) is 18.2 Å². The molecule has 3 nitrogen and oxygen atoms in total. The third-order valence-electron chi connectivity index (χ3n) is 1.88. The van der Waals surface area contributed by atoms with Gasteiger partial charge in [0.2, 0.25) is 9.05 Å². The summed E-state index contributed by atoms with van der Waals surface area (Å²) in [4.78, 5) is 0. The molecule has 0 unspecified atom stereocenters. The minimum Gasteiger partial charge on any atom is -0.492 e. The standard InChI is InChI=1S/C10H12Cl2O3S/c1-8-3-4-9(11)10(7-8)15-5-2-6-16(12,13)14/h3-4,7H,2,5-6H2,1H3. The van der Waals surface area contributed by atoms with Gasteiger partial charge < -0.3 is 4.74 Å². The van der Waals surface area contributed by atoms with Crippen LogP contribution in [-0.4, -0.2) is 20.8 Å². The number of hydrogen-bond acceptors (Lipinski definition) is 3. The predicted molar refractivity (Wildman–Crippen MR) is 65.9 cm³/mol. The topological polar surface area (TPSA) is 43.4 Å². The van der Waals surface area contributed by atoms with Gasteiger partial charge >= 0.3 is 0 Å². The summed E-state index contributed by atoms with van der Waals surface area (Å²) in [7, 11) is 1.62. The smallest absolute Gasteiger partial charge is 0.232 e. The zero-order valence-corrected chi connectivity index (χ0v) is 11.1. The highest BCUT2D eigenvalue weighted by molar-refractivity contribution is 8.13. The minimum atomic E-state index is -3.44. The van der Waals surface area contributed by atoms with Crippen molar-refractivity contribution in [3.05, 3.63) is 28.8 Å². The zero-order valence-electron chi connectivity index (χ0n) is 8.74. The van der Waals surface area contributed by atoms with Crippen LogP contribution in [0.4, 0.5) is 0 Å². The molecule has 0 amide bonds. The van der Waals surface area contributed by atoms with E-state index in [2.05, 4.69) is 0 Å². The van der Waals surface area contributed by atoms with Gasteiger partial charge in [-0.2, -0.15) is 0 Å². The largest absolute Gasteiger partial charge is 0.492 e. The molecule has 90 valence electrons. The Morgan fingerprint density at radius 1 is 1.38 bits per heavy atom. The lowest BCUT2D eigenvalue weighted by Gasteiger charge is -2.07. The summed E-state index contributed by atoms with van der Waals surface area (Å²) in [6.45, 7) is 2.20. The number of aryl methyl sites for hydroxylation is 1. The SMILES string of the molecule is Cc1ccc(Cl)c(OCCCS(=O)(=O)Cl)c1. The maximum Gasteiger partial charge on any atom is 0.232 e. The number of halogens is 2. The third kappa shape index (κ3) is 5.05. The molecule has 0 atom stereocenters. The van der Waals surface area contributed by atoms with Crippen molar-refractivity contribution < 1.29 is 13.2 Å². The van der Waals surface area contributed by atoms with Crippen molar-refractivity contribution in [1.82, 2.24) is 0 Å². The predicted octanol–water partition coefficient (Wildman–Crippen LogP) is 2.99. The molecule has 0 aliphatic carbocycles. The molecule has 0 fully saturated rings. The Morgan fingerprint density at radius 2 is 2.06 bits per heavy atom. The van der Waals surface area contributed by atoms with Crippen molar-refractivity contribution in [1.29, 1.82) is 0 Å². The van der Waals surface area contributed by atoms with Crippen molar-refractivity contribution in [3.63, 3.8) is 0 Å². The minimum absolute atomic E-state index is 0.0992. The van der Waals surface area contributed by atoms with Crippen LogP contribution in [0.1, 0.15) is 12.0 Å². The van der Waals surface area contributed by atoms with Gasteiger partial charge in [-0.3, -0.25) is 0 Å². The van der Waals surface area contributed by atoms with E-state index in [1.54, 1.807) is 12.1 Å². The average molecular weight is 283 g/mol. The quantitative estimate of drug-likeness (QED) is 0.616. The number of benzene rings is 1. The monoisotopic (exact) mass is 282 g/mol. The van der Waals surface area contributed by atoms with Crippen LogP contribution in [0.3, 0.4) is 0 Å². The molecule has 0 radical (unpaired) electrons. The summed E-state index contributed by atoms with van der Waals surface area (Å²) >= 11 is 5.90. The fraction of sp³-hybridized carbons (Fsp3) is 0.400. The maximum atomic E-state index is 10.6. The second kappa shape index (κ2) is 5.75. The molecule has 0 saturated heterocycles. The van der Waals surface area contributed by atoms with E-state index in [0.717, 1.165) is 5.56 Å². The molecule has 6 heteroatoms. The van der Waals surface area contributed by atoms with Gasteiger partial charge in [-0.1, -0.05) is 17.7 Å². The van der Waals surface area contributed by atoms with E-state index in [0.29, 0.717) is 17.2 Å². The Labute approximate surface area is 105 Å². The van der Waals surface area contributed by atoms with Gasteiger partial charge in [-0.15, -0.1) is 0 Å². The first-order chi connectivity index (χ1) is 7.38. The molecule has 0 saturated carbocycles. The Bertz CT molecular complexity index is 457. The van der Waals surface area contributed by atoms with Gasteiger partial charge in [0.15, 0.2) is 0 Å². The van der Waals surface area contributed by atoms with Gasteiger partial charge in [0.25, 0.3) is 0 Å². The average Bonchev–Trinajstić information content (AvgIpc) is 2.16. The van der Waals surface area contributed by atoms with Crippen molar-refractivity contribution in [2.45, 2.75) is 13.3 Å². The van der Waals surface area contributed by atoms with E-state index in [1.807, 2.05) is 13.0 Å². The fourth-order valence-electron chi connectivity index (χ4n) is 1.13. The molecule has 16 heavy (non-hydrogen) atoms. The fourth-order valence-corrected chi connectivity index (χ4v) is 2.10. The molecule has 1 aromatic carbocycles. The van der Waals surface area contributed by atoms with Crippen LogP contribution in [0.5, 0.6) is 5.75 Å². The first-order valence-electron chi connectivity index (χ1n) is 4.70. The van der Waals surface area contributed by atoms with Crippen LogP contribution >= 0.6 is 22.3 Å².